The Morgan fingerprint density at radius 3 is 2.41 bits per heavy atom. The average Bonchev–Trinajstić information content (AvgIpc) is 3.16. The Kier molecular flexibility index (Phi) is 8.40. The molecule has 0 aliphatic heterocycles. The van der Waals surface area contributed by atoms with E-state index in [1.165, 1.54) is 24.0 Å². The van der Waals surface area contributed by atoms with Crippen LogP contribution in [0.15, 0.2) is 61.5 Å². The van der Waals surface area contributed by atoms with Crippen LogP contribution in [0.3, 0.4) is 0 Å². The Morgan fingerprint density at radius 1 is 1.08 bits per heavy atom. The molecule has 4 rings (SSSR count). The minimum absolute atomic E-state index is 0.0224. The molecule has 0 aliphatic rings. The largest absolute Gasteiger partial charge is 0.507 e. The molecule has 37 heavy (non-hydrogen) atoms. The van der Waals surface area contributed by atoms with Gasteiger partial charge in [0.05, 0.1) is 28.8 Å². The SMILES string of the molecule is CCOC(=O)c1cnc(SCc2c(C(=O)OCC)c3cc(O)c(Br)cc3n2-c2ccc(Br)cc2)[nH]c1=O. The number of esters is 2. The van der Waals surface area contributed by atoms with E-state index in [0.717, 1.165) is 10.2 Å². The van der Waals surface area contributed by atoms with Crippen molar-refractivity contribution >= 4 is 66.5 Å². The number of hydrogen-bond acceptors (Lipinski definition) is 8. The first kappa shape index (κ1) is 27.0. The second kappa shape index (κ2) is 11.5. The highest BCUT2D eigenvalue weighted by Crippen LogP contribution is 2.38. The van der Waals surface area contributed by atoms with E-state index in [0.29, 0.717) is 26.6 Å². The van der Waals surface area contributed by atoms with Crippen molar-refractivity contribution in [2.24, 2.45) is 0 Å². The molecule has 2 aromatic heterocycles. The van der Waals surface area contributed by atoms with Gasteiger partial charge in [0.1, 0.15) is 11.3 Å². The van der Waals surface area contributed by atoms with E-state index < -0.39 is 17.5 Å². The molecule has 0 bridgehead atoms. The van der Waals surface area contributed by atoms with Crippen LogP contribution in [0, 0.1) is 0 Å². The van der Waals surface area contributed by atoms with E-state index in [9.17, 15) is 19.5 Å². The van der Waals surface area contributed by atoms with Gasteiger partial charge in [0.25, 0.3) is 5.56 Å². The normalized spacial score (nSPS) is 11.0. The van der Waals surface area contributed by atoms with E-state index in [1.807, 2.05) is 28.8 Å². The lowest BCUT2D eigenvalue weighted by molar-refractivity contribution is 0.0515. The number of phenolic OH excluding ortho intramolecular Hbond substituents is 1. The van der Waals surface area contributed by atoms with Gasteiger partial charge in [-0.1, -0.05) is 27.7 Å². The number of phenols is 1. The molecule has 192 valence electrons. The number of H-pyrrole nitrogens is 1. The fourth-order valence-electron chi connectivity index (χ4n) is 3.74. The Labute approximate surface area is 232 Å². The van der Waals surface area contributed by atoms with Crippen molar-refractivity contribution in [3.05, 3.63) is 78.7 Å². The van der Waals surface area contributed by atoms with Crippen molar-refractivity contribution in [1.82, 2.24) is 14.5 Å². The molecule has 0 fully saturated rings. The van der Waals surface area contributed by atoms with E-state index in [2.05, 4.69) is 41.8 Å². The number of hydrogen-bond donors (Lipinski definition) is 2. The van der Waals surface area contributed by atoms with Crippen LogP contribution in [0.2, 0.25) is 0 Å². The van der Waals surface area contributed by atoms with Gasteiger partial charge in [-0.25, -0.2) is 14.6 Å². The number of aromatic amines is 1. The molecule has 2 N–H and O–H groups in total. The van der Waals surface area contributed by atoms with Crippen molar-refractivity contribution in [2.75, 3.05) is 13.2 Å². The first-order valence-electron chi connectivity index (χ1n) is 11.1. The minimum atomic E-state index is -0.752. The third-order valence-electron chi connectivity index (χ3n) is 5.32. The van der Waals surface area contributed by atoms with Gasteiger partial charge in [0.2, 0.25) is 0 Å². The quantitative estimate of drug-likeness (QED) is 0.144. The molecule has 12 heteroatoms. The van der Waals surface area contributed by atoms with Crippen LogP contribution in [0.25, 0.3) is 16.6 Å². The third-order valence-corrected chi connectivity index (χ3v) is 7.38. The van der Waals surface area contributed by atoms with Crippen molar-refractivity contribution in [3.63, 3.8) is 0 Å². The smallest absolute Gasteiger partial charge is 0.345 e. The maximum atomic E-state index is 13.2. The molecule has 0 spiro atoms. The first-order valence-corrected chi connectivity index (χ1v) is 13.7. The maximum absolute atomic E-state index is 13.2. The molecule has 0 amide bonds. The molecular weight excluding hydrogens is 630 g/mol. The molecule has 0 unspecified atom stereocenters. The fourth-order valence-corrected chi connectivity index (χ4v) is 5.18. The zero-order valence-corrected chi connectivity index (χ0v) is 23.7. The van der Waals surface area contributed by atoms with Crippen LogP contribution in [-0.4, -0.2) is 44.8 Å². The monoisotopic (exact) mass is 649 g/mol. The minimum Gasteiger partial charge on any atom is -0.507 e. The number of carbonyl (C=O) groups is 2. The van der Waals surface area contributed by atoms with Gasteiger partial charge in [0.15, 0.2) is 5.16 Å². The highest BCUT2D eigenvalue weighted by Gasteiger charge is 2.26. The number of halogens is 2. The van der Waals surface area contributed by atoms with Gasteiger partial charge >= 0.3 is 11.9 Å². The van der Waals surface area contributed by atoms with Gasteiger partial charge in [-0.3, -0.25) is 4.79 Å². The molecule has 0 saturated carbocycles. The summed E-state index contributed by atoms with van der Waals surface area (Å²) >= 11 is 7.99. The fraction of sp³-hybridized carbons (Fsp3) is 0.200. The number of benzene rings is 2. The van der Waals surface area contributed by atoms with E-state index in [-0.39, 0.29) is 35.4 Å². The summed E-state index contributed by atoms with van der Waals surface area (Å²) in [7, 11) is 0. The summed E-state index contributed by atoms with van der Waals surface area (Å²) in [5.41, 5.74) is 1.50. The number of aromatic nitrogens is 3. The molecule has 0 saturated heterocycles. The highest BCUT2D eigenvalue weighted by molar-refractivity contribution is 9.10. The second-order valence-electron chi connectivity index (χ2n) is 7.62. The number of rotatable bonds is 8. The number of fused-ring (bicyclic) bond motifs is 1. The van der Waals surface area contributed by atoms with Gasteiger partial charge in [-0.15, -0.1) is 0 Å². The Balaban J connectivity index is 1.85. The number of ether oxygens (including phenoxy) is 2. The summed E-state index contributed by atoms with van der Waals surface area (Å²) in [5.74, 6) is -1.11. The summed E-state index contributed by atoms with van der Waals surface area (Å²) in [6.07, 6.45) is 1.17. The second-order valence-corrected chi connectivity index (χ2v) is 10.3. The molecule has 0 atom stereocenters. The molecule has 0 radical (unpaired) electrons. The molecule has 0 aliphatic carbocycles. The van der Waals surface area contributed by atoms with Crippen LogP contribution in [0.1, 0.15) is 40.3 Å². The number of thioether (sulfide) groups is 1. The van der Waals surface area contributed by atoms with E-state index >= 15 is 0 Å². The number of nitrogens with zero attached hydrogens (tertiary/aromatic N) is 2. The number of carbonyl (C=O) groups excluding carboxylic acids is 2. The molecule has 2 aromatic carbocycles. The Morgan fingerprint density at radius 2 is 1.76 bits per heavy atom. The lowest BCUT2D eigenvalue weighted by Crippen LogP contribution is -2.21. The maximum Gasteiger partial charge on any atom is 0.345 e. The van der Waals surface area contributed by atoms with E-state index in [4.69, 9.17) is 9.47 Å². The summed E-state index contributed by atoms with van der Waals surface area (Å²) < 4.78 is 13.5. The molecule has 2 heterocycles. The number of aromatic hydroxyl groups is 1. The van der Waals surface area contributed by atoms with Crippen LogP contribution in [-0.2, 0) is 15.2 Å². The Bertz CT molecular complexity index is 1550. The lowest BCUT2D eigenvalue weighted by atomic mass is 10.1. The van der Waals surface area contributed by atoms with Crippen LogP contribution in [0.4, 0.5) is 0 Å². The summed E-state index contributed by atoms with van der Waals surface area (Å²) in [6.45, 7) is 3.67. The van der Waals surface area contributed by atoms with Crippen LogP contribution >= 0.6 is 43.6 Å². The average molecular weight is 651 g/mol. The molecule has 4 aromatic rings. The van der Waals surface area contributed by atoms with Crippen LogP contribution < -0.4 is 5.56 Å². The van der Waals surface area contributed by atoms with Crippen molar-refractivity contribution in [2.45, 2.75) is 24.8 Å². The highest BCUT2D eigenvalue weighted by atomic mass is 79.9. The van der Waals surface area contributed by atoms with Gasteiger partial charge in [-0.05, 0) is 66.2 Å². The van der Waals surface area contributed by atoms with Crippen molar-refractivity contribution in [1.29, 1.82) is 0 Å². The predicted molar refractivity (Wildman–Crippen MR) is 147 cm³/mol. The van der Waals surface area contributed by atoms with Gasteiger partial charge in [0, 0.05) is 33.2 Å². The zero-order valence-electron chi connectivity index (χ0n) is 19.7. The van der Waals surface area contributed by atoms with E-state index in [1.54, 1.807) is 19.9 Å². The van der Waals surface area contributed by atoms with Crippen molar-refractivity contribution in [3.8, 4) is 11.4 Å². The topological polar surface area (TPSA) is 124 Å². The summed E-state index contributed by atoms with van der Waals surface area (Å²) in [4.78, 5) is 44.3. The van der Waals surface area contributed by atoms with Crippen molar-refractivity contribution < 1.29 is 24.2 Å². The van der Waals surface area contributed by atoms with Gasteiger partial charge in [-0.2, -0.15) is 0 Å². The lowest BCUT2D eigenvalue weighted by Gasteiger charge is -2.12. The molecular formula is C25H21Br2N3O6S. The summed E-state index contributed by atoms with van der Waals surface area (Å²) in [5, 5.41) is 11.2. The zero-order chi connectivity index (χ0) is 26.7. The van der Waals surface area contributed by atoms with Crippen LogP contribution in [0.5, 0.6) is 5.75 Å². The molecule has 9 nitrogen and oxygen atoms in total. The number of nitrogens with one attached hydrogen (secondary N) is 1. The first-order chi connectivity index (χ1) is 17.7. The predicted octanol–water partition coefficient (Wildman–Crippen LogP) is 5.59. The van der Waals surface area contributed by atoms with Gasteiger partial charge < -0.3 is 24.1 Å². The summed E-state index contributed by atoms with van der Waals surface area (Å²) in [6, 6.07) is 10.8. The Hall–Kier alpha value is -3.09. The standard InChI is InChI=1S/C25H21Br2N3O6S/c1-3-35-23(33)16-11-28-25(29-22(16)32)37-12-19-21(24(34)36-4-2)15-9-20(31)17(27)10-18(15)30(19)14-7-5-13(26)6-8-14/h5-11,31H,3-4,12H2,1-2H3,(H,28,29,32). The third kappa shape index (κ3) is 5.60.